The fourth-order valence-corrected chi connectivity index (χ4v) is 3.02. The molecule has 1 rings (SSSR count). The van der Waals surface area contributed by atoms with Crippen LogP contribution in [0.1, 0.15) is 79.6 Å². The van der Waals surface area contributed by atoms with Crippen molar-refractivity contribution in [2.45, 2.75) is 90.6 Å². The van der Waals surface area contributed by atoms with Crippen molar-refractivity contribution in [1.29, 1.82) is 0 Å². The fraction of sp³-hybridized carbons (Fsp3) is 1.00. The predicted octanol–water partition coefficient (Wildman–Crippen LogP) is 4.20. The van der Waals surface area contributed by atoms with Crippen LogP contribution in [-0.2, 0) is 0 Å². The lowest BCUT2D eigenvalue weighted by molar-refractivity contribution is 0.0158. The first-order chi connectivity index (χ1) is 8.99. The molecule has 0 aromatic rings. The Labute approximate surface area is 121 Å². The Hall–Kier alpha value is -0.0800. The minimum Gasteiger partial charge on any atom is -0.308 e. The van der Waals surface area contributed by atoms with Crippen molar-refractivity contribution in [3.8, 4) is 0 Å². The van der Waals surface area contributed by atoms with Crippen LogP contribution in [0, 0.1) is 0 Å². The van der Waals surface area contributed by atoms with Crippen molar-refractivity contribution in [2.75, 3.05) is 19.6 Å². The quantitative estimate of drug-likeness (QED) is 0.664. The van der Waals surface area contributed by atoms with Gasteiger partial charge in [-0.2, -0.15) is 0 Å². The van der Waals surface area contributed by atoms with Crippen molar-refractivity contribution >= 4 is 0 Å². The van der Waals surface area contributed by atoms with Gasteiger partial charge in [0.2, 0.25) is 0 Å². The first-order valence-corrected chi connectivity index (χ1v) is 8.50. The molecule has 0 amide bonds. The van der Waals surface area contributed by atoms with E-state index in [2.05, 4.69) is 44.8 Å². The molecule has 1 N–H and O–H groups in total. The molecule has 0 radical (unpaired) electrons. The van der Waals surface area contributed by atoms with Gasteiger partial charge >= 0.3 is 0 Å². The molecule has 0 aromatic heterocycles. The van der Waals surface area contributed by atoms with E-state index < -0.39 is 0 Å². The molecule has 2 unspecified atom stereocenters. The summed E-state index contributed by atoms with van der Waals surface area (Å²) in [7, 11) is 0. The van der Waals surface area contributed by atoms with Gasteiger partial charge in [-0.3, -0.25) is 4.90 Å². The average molecular weight is 268 g/mol. The van der Waals surface area contributed by atoms with Gasteiger partial charge in [0.05, 0.1) is 0 Å². The third-order valence-electron chi connectivity index (χ3n) is 5.27. The van der Waals surface area contributed by atoms with E-state index in [-0.39, 0.29) is 0 Å². The third kappa shape index (κ3) is 4.75. The Morgan fingerprint density at radius 2 is 1.63 bits per heavy atom. The Morgan fingerprint density at radius 1 is 0.947 bits per heavy atom. The first kappa shape index (κ1) is 17.0. The van der Waals surface area contributed by atoms with Crippen LogP contribution in [0.15, 0.2) is 0 Å². The van der Waals surface area contributed by atoms with E-state index in [0.717, 1.165) is 6.54 Å². The molecule has 114 valence electrons. The van der Waals surface area contributed by atoms with E-state index >= 15 is 0 Å². The lowest BCUT2D eigenvalue weighted by Gasteiger charge is -2.52. The van der Waals surface area contributed by atoms with Gasteiger partial charge in [-0.15, -0.1) is 0 Å². The third-order valence-corrected chi connectivity index (χ3v) is 5.27. The number of hydrogen-bond acceptors (Lipinski definition) is 2. The topological polar surface area (TPSA) is 15.3 Å². The molecular formula is C17H36N2. The highest BCUT2D eigenvalue weighted by Crippen LogP contribution is 2.28. The van der Waals surface area contributed by atoms with Crippen molar-refractivity contribution < 1.29 is 0 Å². The number of rotatable bonds is 8. The van der Waals surface area contributed by atoms with Crippen LogP contribution >= 0.6 is 0 Å². The van der Waals surface area contributed by atoms with Crippen LogP contribution < -0.4 is 5.32 Å². The van der Waals surface area contributed by atoms with Crippen molar-refractivity contribution in [1.82, 2.24) is 10.2 Å². The van der Waals surface area contributed by atoms with Crippen LogP contribution in [-0.4, -0.2) is 35.6 Å². The second kappa shape index (κ2) is 7.64. The molecule has 1 fully saturated rings. The molecule has 1 aliphatic heterocycles. The lowest BCUT2D eigenvalue weighted by Crippen LogP contribution is -2.67. The molecule has 1 aliphatic rings. The summed E-state index contributed by atoms with van der Waals surface area (Å²) in [5, 5.41) is 3.79. The van der Waals surface area contributed by atoms with E-state index in [1.807, 2.05) is 0 Å². The van der Waals surface area contributed by atoms with Crippen LogP contribution in [0.4, 0.5) is 0 Å². The molecule has 0 aromatic carbocycles. The highest BCUT2D eigenvalue weighted by Gasteiger charge is 2.40. The molecular weight excluding hydrogens is 232 g/mol. The minimum absolute atomic E-state index is 0.318. The highest BCUT2D eigenvalue weighted by atomic mass is 15.3. The predicted molar refractivity (Wildman–Crippen MR) is 85.7 cm³/mol. The largest absolute Gasteiger partial charge is 0.308 e. The van der Waals surface area contributed by atoms with Crippen LogP contribution in [0.25, 0.3) is 0 Å². The molecule has 2 atom stereocenters. The van der Waals surface area contributed by atoms with Gasteiger partial charge in [-0.1, -0.05) is 46.5 Å². The van der Waals surface area contributed by atoms with E-state index in [1.54, 1.807) is 0 Å². The number of nitrogens with zero attached hydrogens (tertiary/aromatic N) is 1. The summed E-state index contributed by atoms with van der Waals surface area (Å²) in [6, 6.07) is 0. The van der Waals surface area contributed by atoms with Gasteiger partial charge in [-0.05, 0) is 39.7 Å². The van der Waals surface area contributed by atoms with Crippen LogP contribution in [0.2, 0.25) is 0 Å². The molecule has 19 heavy (non-hydrogen) atoms. The number of nitrogens with one attached hydrogen (secondary N) is 1. The summed E-state index contributed by atoms with van der Waals surface area (Å²) in [6.45, 7) is 15.4. The van der Waals surface area contributed by atoms with Gasteiger partial charge in [0.25, 0.3) is 0 Å². The summed E-state index contributed by atoms with van der Waals surface area (Å²) in [5.74, 6) is 0. The Bertz CT molecular complexity index is 254. The summed E-state index contributed by atoms with van der Waals surface area (Å²) in [5.41, 5.74) is 0.678. The molecule has 1 saturated heterocycles. The fourth-order valence-electron chi connectivity index (χ4n) is 3.02. The zero-order valence-corrected chi connectivity index (χ0v) is 14.0. The summed E-state index contributed by atoms with van der Waals surface area (Å²) >= 11 is 0. The lowest BCUT2D eigenvalue weighted by atomic mass is 9.85. The molecule has 2 heteroatoms. The smallest absolute Gasteiger partial charge is 0.0304 e. The van der Waals surface area contributed by atoms with Crippen molar-refractivity contribution in [3.63, 3.8) is 0 Å². The summed E-state index contributed by atoms with van der Waals surface area (Å²) < 4.78 is 0. The van der Waals surface area contributed by atoms with Gasteiger partial charge in [0.1, 0.15) is 0 Å². The maximum atomic E-state index is 3.79. The molecule has 0 aliphatic carbocycles. The second-order valence-electron chi connectivity index (χ2n) is 6.95. The summed E-state index contributed by atoms with van der Waals surface area (Å²) in [4.78, 5) is 2.76. The van der Waals surface area contributed by atoms with E-state index in [4.69, 9.17) is 0 Å². The maximum absolute atomic E-state index is 3.79. The van der Waals surface area contributed by atoms with E-state index in [9.17, 15) is 0 Å². The number of hydrogen-bond donors (Lipinski definition) is 1. The number of unbranched alkanes of at least 4 members (excludes halogenated alkanes) is 4. The van der Waals surface area contributed by atoms with Crippen LogP contribution in [0.5, 0.6) is 0 Å². The Kier molecular flexibility index (Phi) is 6.82. The Balaban J connectivity index is 2.48. The molecule has 0 spiro atoms. The molecule has 1 heterocycles. The average Bonchev–Trinajstić information content (AvgIpc) is 2.43. The molecule has 0 saturated carbocycles. The van der Waals surface area contributed by atoms with Crippen molar-refractivity contribution in [2.24, 2.45) is 0 Å². The number of piperazine rings is 1. The minimum atomic E-state index is 0.318. The highest BCUT2D eigenvalue weighted by molar-refractivity contribution is 5.00. The molecule has 2 nitrogen and oxygen atoms in total. The summed E-state index contributed by atoms with van der Waals surface area (Å²) in [6.07, 6.45) is 9.40. The first-order valence-electron chi connectivity index (χ1n) is 8.50. The van der Waals surface area contributed by atoms with Gasteiger partial charge in [0, 0.05) is 24.2 Å². The monoisotopic (exact) mass is 268 g/mol. The normalized spacial score (nSPS) is 32.7. The van der Waals surface area contributed by atoms with Crippen LogP contribution in [0.3, 0.4) is 0 Å². The van der Waals surface area contributed by atoms with Gasteiger partial charge < -0.3 is 5.32 Å². The second-order valence-corrected chi connectivity index (χ2v) is 6.95. The maximum Gasteiger partial charge on any atom is 0.0304 e. The molecule has 0 bridgehead atoms. The van der Waals surface area contributed by atoms with Gasteiger partial charge in [-0.25, -0.2) is 0 Å². The SMILES string of the molecule is CCCCCCCN1CC(C)(CC)NCC1(C)CC. The Morgan fingerprint density at radius 3 is 2.21 bits per heavy atom. The van der Waals surface area contributed by atoms with E-state index in [0.29, 0.717) is 11.1 Å². The zero-order valence-electron chi connectivity index (χ0n) is 14.0. The van der Waals surface area contributed by atoms with Gasteiger partial charge in [0.15, 0.2) is 0 Å². The zero-order chi connectivity index (χ0) is 14.4. The van der Waals surface area contributed by atoms with E-state index in [1.165, 1.54) is 58.0 Å². The standard InChI is InChI=1S/C17H36N2/c1-6-9-10-11-12-13-19-15-16(4,7-2)18-14-17(19,5)8-3/h18H,6-15H2,1-5H3. The van der Waals surface area contributed by atoms with Crippen molar-refractivity contribution in [3.05, 3.63) is 0 Å².